The molecule has 0 fully saturated rings. The Labute approximate surface area is 165 Å². The van der Waals surface area contributed by atoms with Crippen LogP contribution >= 0.6 is 0 Å². The molecule has 0 saturated carbocycles. The molecule has 1 N–H and O–H groups in total. The van der Waals surface area contributed by atoms with Gasteiger partial charge in [-0.1, -0.05) is 111 Å². The Morgan fingerprint density at radius 3 is 1.42 bits per heavy atom. The van der Waals surface area contributed by atoms with Crippen LogP contribution in [0.1, 0.15) is 137 Å². The van der Waals surface area contributed by atoms with Gasteiger partial charge in [0.1, 0.15) is 0 Å². The molecule has 2 nitrogen and oxygen atoms in total. The molecule has 0 aliphatic carbocycles. The van der Waals surface area contributed by atoms with Crippen molar-refractivity contribution in [2.24, 2.45) is 5.92 Å². The van der Waals surface area contributed by atoms with Crippen molar-refractivity contribution >= 4 is 5.91 Å². The van der Waals surface area contributed by atoms with Gasteiger partial charge in [0.05, 0.1) is 0 Å². The van der Waals surface area contributed by atoms with Crippen molar-refractivity contribution < 1.29 is 4.79 Å². The first-order valence-corrected chi connectivity index (χ1v) is 11.9. The zero-order valence-electron chi connectivity index (χ0n) is 18.6. The molecule has 1 amide bonds. The standard InChI is InChI=1S/C24H49NO/c1-5-6-7-8-9-10-11-12-13-14-15-16-17-18-19-20-24(26)25-23(4)21-22(2)3/h22-23H,5-21H2,1-4H3,(H,25,26). The second-order valence-electron chi connectivity index (χ2n) is 8.80. The van der Waals surface area contributed by atoms with Gasteiger partial charge in [-0.15, -0.1) is 0 Å². The Balaban J connectivity index is 3.20. The summed E-state index contributed by atoms with van der Waals surface area (Å²) in [5, 5.41) is 3.12. The van der Waals surface area contributed by atoms with Crippen LogP contribution in [0.15, 0.2) is 0 Å². The summed E-state index contributed by atoms with van der Waals surface area (Å²) in [6, 6.07) is 0.318. The zero-order chi connectivity index (χ0) is 19.5. The van der Waals surface area contributed by atoms with E-state index in [1.807, 2.05) is 0 Å². The highest BCUT2D eigenvalue weighted by Gasteiger charge is 2.08. The Hall–Kier alpha value is -0.530. The van der Waals surface area contributed by atoms with Crippen LogP contribution in [-0.4, -0.2) is 11.9 Å². The van der Waals surface area contributed by atoms with Gasteiger partial charge in [0.2, 0.25) is 5.91 Å². The molecule has 1 unspecified atom stereocenters. The van der Waals surface area contributed by atoms with E-state index in [1.54, 1.807) is 0 Å². The van der Waals surface area contributed by atoms with E-state index in [0.29, 0.717) is 18.4 Å². The fourth-order valence-corrected chi connectivity index (χ4v) is 3.77. The Morgan fingerprint density at radius 2 is 1.04 bits per heavy atom. The van der Waals surface area contributed by atoms with Crippen LogP contribution in [0.25, 0.3) is 0 Å². The lowest BCUT2D eigenvalue weighted by Gasteiger charge is -2.15. The molecule has 0 saturated heterocycles. The molecule has 26 heavy (non-hydrogen) atoms. The van der Waals surface area contributed by atoms with Gasteiger partial charge in [0, 0.05) is 12.5 Å². The molecule has 2 heteroatoms. The molecule has 0 aliphatic heterocycles. The van der Waals surface area contributed by atoms with E-state index < -0.39 is 0 Å². The maximum absolute atomic E-state index is 11.9. The summed E-state index contributed by atoms with van der Waals surface area (Å²) >= 11 is 0. The number of hydrogen-bond acceptors (Lipinski definition) is 1. The summed E-state index contributed by atoms with van der Waals surface area (Å²) in [7, 11) is 0. The molecule has 0 spiro atoms. The fraction of sp³-hybridized carbons (Fsp3) is 0.958. The summed E-state index contributed by atoms with van der Waals surface area (Å²) in [5.41, 5.74) is 0. The van der Waals surface area contributed by atoms with E-state index in [0.717, 1.165) is 12.8 Å². The molecule has 156 valence electrons. The number of hydrogen-bond donors (Lipinski definition) is 1. The quantitative estimate of drug-likeness (QED) is 0.232. The molecule has 0 aromatic rings. The normalized spacial score (nSPS) is 12.5. The lowest BCUT2D eigenvalue weighted by atomic mass is 10.0. The second kappa shape index (κ2) is 19.2. The third-order valence-electron chi connectivity index (χ3n) is 5.24. The predicted molar refractivity (Wildman–Crippen MR) is 117 cm³/mol. The first-order chi connectivity index (χ1) is 12.6. The zero-order valence-corrected chi connectivity index (χ0v) is 18.6. The first kappa shape index (κ1) is 25.5. The van der Waals surface area contributed by atoms with Crippen molar-refractivity contribution in [1.82, 2.24) is 5.32 Å². The highest BCUT2D eigenvalue weighted by molar-refractivity contribution is 5.76. The fourth-order valence-electron chi connectivity index (χ4n) is 3.77. The minimum absolute atomic E-state index is 0.243. The smallest absolute Gasteiger partial charge is 0.220 e. The van der Waals surface area contributed by atoms with Crippen LogP contribution in [0, 0.1) is 5.92 Å². The van der Waals surface area contributed by atoms with Crippen molar-refractivity contribution in [2.75, 3.05) is 0 Å². The molecular weight excluding hydrogens is 318 g/mol. The first-order valence-electron chi connectivity index (χ1n) is 11.9. The number of carbonyl (C=O) groups excluding carboxylic acids is 1. The molecule has 1 atom stereocenters. The van der Waals surface area contributed by atoms with Gasteiger partial charge in [-0.05, 0) is 25.7 Å². The molecule has 0 aromatic heterocycles. The summed E-state index contributed by atoms with van der Waals surface area (Å²) in [6.07, 6.45) is 22.3. The van der Waals surface area contributed by atoms with Gasteiger partial charge in [-0.3, -0.25) is 4.79 Å². The van der Waals surface area contributed by atoms with Gasteiger partial charge >= 0.3 is 0 Å². The van der Waals surface area contributed by atoms with Crippen LogP contribution in [-0.2, 0) is 4.79 Å². The summed E-state index contributed by atoms with van der Waals surface area (Å²) in [6.45, 7) is 8.81. The third kappa shape index (κ3) is 19.8. The van der Waals surface area contributed by atoms with Gasteiger partial charge in [-0.25, -0.2) is 0 Å². The Bertz CT molecular complexity index is 301. The largest absolute Gasteiger partial charge is 0.354 e. The van der Waals surface area contributed by atoms with Crippen molar-refractivity contribution in [3.05, 3.63) is 0 Å². The summed E-state index contributed by atoms with van der Waals surface area (Å²) < 4.78 is 0. The molecule has 0 bridgehead atoms. The molecule has 0 aromatic carbocycles. The van der Waals surface area contributed by atoms with Crippen LogP contribution in [0.4, 0.5) is 0 Å². The van der Waals surface area contributed by atoms with Crippen LogP contribution in [0.3, 0.4) is 0 Å². The van der Waals surface area contributed by atoms with Crippen molar-refractivity contribution in [2.45, 2.75) is 143 Å². The van der Waals surface area contributed by atoms with Crippen LogP contribution in [0.5, 0.6) is 0 Å². The van der Waals surface area contributed by atoms with E-state index in [1.165, 1.54) is 89.9 Å². The van der Waals surface area contributed by atoms with Crippen molar-refractivity contribution in [1.29, 1.82) is 0 Å². The average Bonchev–Trinajstić information content (AvgIpc) is 2.57. The minimum Gasteiger partial charge on any atom is -0.354 e. The van der Waals surface area contributed by atoms with E-state index in [2.05, 4.69) is 33.0 Å². The molecular formula is C24H49NO. The van der Waals surface area contributed by atoms with Crippen LogP contribution < -0.4 is 5.32 Å². The maximum atomic E-state index is 11.9. The van der Waals surface area contributed by atoms with Crippen molar-refractivity contribution in [3.63, 3.8) is 0 Å². The van der Waals surface area contributed by atoms with Gasteiger partial charge in [0.15, 0.2) is 0 Å². The van der Waals surface area contributed by atoms with Gasteiger partial charge < -0.3 is 5.32 Å². The molecule has 0 radical (unpaired) electrons. The number of amides is 1. The highest BCUT2D eigenvalue weighted by atomic mass is 16.1. The number of carbonyl (C=O) groups is 1. The van der Waals surface area contributed by atoms with Crippen molar-refractivity contribution in [3.8, 4) is 0 Å². The van der Waals surface area contributed by atoms with Gasteiger partial charge in [-0.2, -0.15) is 0 Å². The molecule has 0 heterocycles. The maximum Gasteiger partial charge on any atom is 0.220 e. The molecule has 0 aliphatic rings. The Morgan fingerprint density at radius 1 is 0.654 bits per heavy atom. The minimum atomic E-state index is 0.243. The topological polar surface area (TPSA) is 29.1 Å². The van der Waals surface area contributed by atoms with E-state index in [-0.39, 0.29) is 5.91 Å². The van der Waals surface area contributed by atoms with Gasteiger partial charge in [0.25, 0.3) is 0 Å². The molecule has 0 rings (SSSR count). The number of nitrogens with one attached hydrogen (secondary N) is 1. The lowest BCUT2D eigenvalue weighted by molar-refractivity contribution is -0.121. The second-order valence-corrected chi connectivity index (χ2v) is 8.80. The lowest BCUT2D eigenvalue weighted by Crippen LogP contribution is -2.33. The predicted octanol–water partition coefficient (Wildman–Crippen LogP) is 7.80. The van der Waals surface area contributed by atoms with E-state index >= 15 is 0 Å². The number of rotatable bonds is 19. The highest BCUT2D eigenvalue weighted by Crippen LogP contribution is 2.13. The third-order valence-corrected chi connectivity index (χ3v) is 5.24. The SMILES string of the molecule is CCCCCCCCCCCCCCCCCC(=O)NC(C)CC(C)C. The monoisotopic (exact) mass is 367 g/mol. The Kier molecular flexibility index (Phi) is 18.8. The number of unbranched alkanes of at least 4 members (excludes halogenated alkanes) is 14. The van der Waals surface area contributed by atoms with Crippen LogP contribution in [0.2, 0.25) is 0 Å². The average molecular weight is 368 g/mol. The van der Waals surface area contributed by atoms with E-state index in [9.17, 15) is 4.79 Å². The summed E-state index contributed by atoms with van der Waals surface area (Å²) in [5.74, 6) is 0.893. The summed E-state index contributed by atoms with van der Waals surface area (Å²) in [4.78, 5) is 11.9. The van der Waals surface area contributed by atoms with E-state index in [4.69, 9.17) is 0 Å².